The lowest BCUT2D eigenvalue weighted by Gasteiger charge is -2.19. The topological polar surface area (TPSA) is 88.2 Å². The van der Waals surface area contributed by atoms with Gasteiger partial charge in [0.1, 0.15) is 11.4 Å². The summed E-state index contributed by atoms with van der Waals surface area (Å²) < 4.78 is 18.7. The molecule has 0 aliphatic carbocycles. The van der Waals surface area contributed by atoms with E-state index in [0.29, 0.717) is 11.3 Å². The Bertz CT molecular complexity index is 495. The second-order valence-electron chi connectivity index (χ2n) is 5.14. The van der Waals surface area contributed by atoms with Crippen LogP contribution in [0.4, 0.5) is 14.9 Å². The molecule has 0 saturated heterocycles. The average molecular weight is 267 g/mol. The minimum Gasteiger partial charge on any atom is -0.444 e. The smallest absolute Gasteiger partial charge is 0.412 e. The number of anilines is 1. The third-order valence-electron chi connectivity index (χ3n) is 2.08. The van der Waals surface area contributed by atoms with Gasteiger partial charge >= 0.3 is 6.09 Å². The molecule has 6 heteroatoms. The van der Waals surface area contributed by atoms with Crippen LogP contribution >= 0.6 is 0 Å². The molecule has 1 aromatic carbocycles. The van der Waals surface area contributed by atoms with Gasteiger partial charge in [0.15, 0.2) is 0 Å². The van der Waals surface area contributed by atoms with Gasteiger partial charge in [-0.2, -0.15) is 0 Å². The van der Waals surface area contributed by atoms with Crippen molar-refractivity contribution in [1.82, 2.24) is 0 Å². The van der Waals surface area contributed by atoms with Crippen LogP contribution in [-0.4, -0.2) is 17.5 Å². The van der Waals surface area contributed by atoms with Gasteiger partial charge in [-0.15, -0.1) is 0 Å². The second-order valence-corrected chi connectivity index (χ2v) is 5.14. The fourth-order valence-electron chi connectivity index (χ4n) is 1.40. The molecular weight excluding hydrogens is 249 g/mol. The van der Waals surface area contributed by atoms with Crippen LogP contribution in [0.1, 0.15) is 26.3 Å². The maximum atomic E-state index is 13.7. The number of carbonyl (C=O) groups excluding carboxylic acids is 1. The Kier molecular flexibility index (Phi) is 4.47. The zero-order valence-corrected chi connectivity index (χ0v) is 11.2. The molecule has 0 aromatic heterocycles. The van der Waals surface area contributed by atoms with E-state index in [1.165, 1.54) is 18.2 Å². The summed E-state index contributed by atoms with van der Waals surface area (Å²) in [6.45, 7) is 5.22. The lowest BCUT2D eigenvalue weighted by Crippen LogP contribution is -2.27. The summed E-state index contributed by atoms with van der Waals surface area (Å²) in [5.74, 6) is -0.643. The van der Waals surface area contributed by atoms with Crippen LogP contribution in [-0.2, 0) is 11.2 Å². The first-order valence-corrected chi connectivity index (χ1v) is 5.79. The van der Waals surface area contributed by atoms with Crippen molar-refractivity contribution in [1.29, 1.82) is 5.41 Å². The van der Waals surface area contributed by atoms with Gasteiger partial charge in [-0.3, -0.25) is 10.7 Å². The van der Waals surface area contributed by atoms with Crippen molar-refractivity contribution in [2.75, 3.05) is 5.32 Å². The maximum Gasteiger partial charge on any atom is 0.412 e. The number of ether oxygens (including phenoxy) is 1. The summed E-state index contributed by atoms with van der Waals surface area (Å²) in [4.78, 5) is 11.5. The SMILES string of the molecule is CC(C)(C)OC(=O)Nc1ccc(CC(=N)N)c(F)c1. The molecule has 1 rings (SSSR count). The average Bonchev–Trinajstić information content (AvgIpc) is 2.18. The number of amides is 1. The van der Waals surface area contributed by atoms with Crippen LogP contribution in [0, 0.1) is 11.2 Å². The third-order valence-corrected chi connectivity index (χ3v) is 2.08. The van der Waals surface area contributed by atoms with Crippen molar-refractivity contribution < 1.29 is 13.9 Å². The van der Waals surface area contributed by atoms with E-state index in [0.717, 1.165) is 0 Å². The Morgan fingerprint density at radius 1 is 1.47 bits per heavy atom. The molecule has 0 atom stereocenters. The van der Waals surface area contributed by atoms with Crippen LogP contribution in [0.25, 0.3) is 0 Å². The Balaban J connectivity index is 2.73. The molecule has 0 unspecified atom stereocenters. The van der Waals surface area contributed by atoms with E-state index in [4.69, 9.17) is 15.9 Å². The highest BCUT2D eigenvalue weighted by Crippen LogP contribution is 2.16. The standard InChI is InChI=1S/C13H18FN3O2/c1-13(2,3)19-12(18)17-9-5-4-8(6-11(15)16)10(14)7-9/h4-5,7H,6H2,1-3H3,(H3,15,16)(H,17,18). The van der Waals surface area contributed by atoms with Crippen LogP contribution in [0.3, 0.4) is 0 Å². The first-order valence-electron chi connectivity index (χ1n) is 5.79. The highest BCUT2D eigenvalue weighted by molar-refractivity contribution is 5.85. The highest BCUT2D eigenvalue weighted by atomic mass is 19.1. The van der Waals surface area contributed by atoms with E-state index in [1.807, 2.05) is 0 Å². The van der Waals surface area contributed by atoms with Crippen molar-refractivity contribution in [2.45, 2.75) is 32.8 Å². The van der Waals surface area contributed by atoms with Crippen molar-refractivity contribution in [3.63, 3.8) is 0 Å². The van der Waals surface area contributed by atoms with Gasteiger partial charge in [-0.05, 0) is 38.5 Å². The van der Waals surface area contributed by atoms with Gasteiger partial charge < -0.3 is 10.5 Å². The molecule has 0 spiro atoms. The van der Waals surface area contributed by atoms with E-state index >= 15 is 0 Å². The first kappa shape index (κ1) is 14.9. The number of benzene rings is 1. The van der Waals surface area contributed by atoms with E-state index in [2.05, 4.69) is 5.32 Å². The zero-order valence-electron chi connectivity index (χ0n) is 11.2. The summed E-state index contributed by atoms with van der Waals surface area (Å²) in [6, 6.07) is 4.18. The monoisotopic (exact) mass is 267 g/mol. The molecule has 0 aliphatic rings. The predicted octanol–water partition coefficient (Wildman–Crippen LogP) is 2.65. The predicted molar refractivity (Wildman–Crippen MR) is 71.9 cm³/mol. The summed E-state index contributed by atoms with van der Waals surface area (Å²) in [7, 11) is 0. The van der Waals surface area contributed by atoms with Gasteiger partial charge in [0.25, 0.3) is 0 Å². The van der Waals surface area contributed by atoms with Crippen LogP contribution in [0.5, 0.6) is 0 Å². The highest BCUT2D eigenvalue weighted by Gasteiger charge is 2.16. The molecule has 0 radical (unpaired) electrons. The molecule has 1 aromatic rings. The summed E-state index contributed by atoms with van der Waals surface area (Å²) in [6.07, 6.45) is -0.607. The van der Waals surface area contributed by atoms with Crippen molar-refractivity contribution in [2.24, 2.45) is 5.73 Å². The molecular formula is C13H18FN3O2. The summed E-state index contributed by atoms with van der Waals surface area (Å²) in [5, 5.41) is 9.55. The molecule has 0 fully saturated rings. The number of hydrogen-bond acceptors (Lipinski definition) is 3. The molecule has 0 saturated carbocycles. The van der Waals surface area contributed by atoms with E-state index < -0.39 is 17.5 Å². The molecule has 1 amide bonds. The lowest BCUT2D eigenvalue weighted by atomic mass is 10.1. The largest absolute Gasteiger partial charge is 0.444 e. The Hall–Kier alpha value is -2.11. The van der Waals surface area contributed by atoms with Crippen LogP contribution in [0.2, 0.25) is 0 Å². The van der Waals surface area contributed by atoms with E-state index in [1.54, 1.807) is 20.8 Å². The number of amidine groups is 1. The van der Waals surface area contributed by atoms with Gasteiger partial charge in [-0.25, -0.2) is 9.18 Å². The number of halogens is 1. The van der Waals surface area contributed by atoms with Crippen molar-refractivity contribution in [3.05, 3.63) is 29.6 Å². The molecule has 0 heterocycles. The number of hydrogen-bond donors (Lipinski definition) is 3. The number of nitrogens with one attached hydrogen (secondary N) is 2. The molecule has 4 N–H and O–H groups in total. The second kappa shape index (κ2) is 5.69. The first-order chi connectivity index (χ1) is 8.67. The van der Waals surface area contributed by atoms with Crippen molar-refractivity contribution in [3.8, 4) is 0 Å². The quantitative estimate of drug-likeness (QED) is 0.581. The minimum absolute atomic E-state index is 0.0402. The van der Waals surface area contributed by atoms with Crippen LogP contribution in [0.15, 0.2) is 18.2 Å². The number of nitrogens with two attached hydrogens (primary N) is 1. The number of rotatable bonds is 3. The summed E-state index contributed by atoms with van der Waals surface area (Å²) >= 11 is 0. The molecule has 0 aliphatic heterocycles. The molecule has 5 nitrogen and oxygen atoms in total. The van der Waals surface area contributed by atoms with Gasteiger partial charge in [0, 0.05) is 12.1 Å². The van der Waals surface area contributed by atoms with Gasteiger partial charge in [-0.1, -0.05) is 6.07 Å². The Morgan fingerprint density at radius 2 is 2.11 bits per heavy atom. The lowest BCUT2D eigenvalue weighted by molar-refractivity contribution is 0.0636. The van der Waals surface area contributed by atoms with E-state index in [-0.39, 0.29) is 12.3 Å². The fraction of sp³-hybridized carbons (Fsp3) is 0.385. The summed E-state index contributed by atoms with van der Waals surface area (Å²) in [5.41, 5.74) is 5.19. The van der Waals surface area contributed by atoms with Gasteiger partial charge in [0.05, 0.1) is 5.84 Å². The maximum absolute atomic E-state index is 13.7. The fourth-order valence-corrected chi connectivity index (χ4v) is 1.40. The minimum atomic E-state index is -0.647. The molecule has 19 heavy (non-hydrogen) atoms. The number of carbonyl (C=O) groups is 1. The molecule has 0 bridgehead atoms. The van der Waals surface area contributed by atoms with E-state index in [9.17, 15) is 9.18 Å². The zero-order chi connectivity index (χ0) is 14.6. The molecule has 104 valence electrons. The normalized spacial score (nSPS) is 10.9. The van der Waals surface area contributed by atoms with Crippen molar-refractivity contribution >= 4 is 17.6 Å². The Labute approximate surface area is 111 Å². The van der Waals surface area contributed by atoms with Gasteiger partial charge in [0.2, 0.25) is 0 Å². The third kappa shape index (κ3) is 5.37. The van der Waals surface area contributed by atoms with Crippen LogP contribution < -0.4 is 11.1 Å². The Morgan fingerprint density at radius 3 is 2.58 bits per heavy atom.